The molecular formula is C17H22N2O. The monoisotopic (exact) mass is 270 g/mol. The molecule has 2 aromatic rings. The van der Waals surface area contributed by atoms with Crippen molar-refractivity contribution in [1.82, 2.24) is 9.88 Å². The first-order valence-electron chi connectivity index (χ1n) is 7.23. The highest BCUT2D eigenvalue weighted by Gasteiger charge is 2.40. The smallest absolute Gasteiger partial charge is 0.191 e. The average molecular weight is 270 g/mol. The van der Waals surface area contributed by atoms with Crippen molar-refractivity contribution in [2.24, 2.45) is 5.41 Å². The SMILES string of the molecule is Cc1nc(CN2C[C@H](c3ccccc3)C(C)(C)C2)co1. The van der Waals surface area contributed by atoms with Gasteiger partial charge in [-0.05, 0) is 11.0 Å². The zero-order chi connectivity index (χ0) is 14.2. The molecule has 1 aliphatic rings. The second-order valence-corrected chi connectivity index (χ2v) is 6.48. The highest BCUT2D eigenvalue weighted by Crippen LogP contribution is 2.42. The Kier molecular flexibility index (Phi) is 3.38. The molecule has 0 amide bonds. The number of aromatic nitrogens is 1. The van der Waals surface area contributed by atoms with Crippen LogP contribution in [0.4, 0.5) is 0 Å². The Hall–Kier alpha value is -1.61. The highest BCUT2D eigenvalue weighted by molar-refractivity contribution is 5.24. The summed E-state index contributed by atoms with van der Waals surface area (Å²) in [6, 6.07) is 10.8. The number of nitrogens with zero attached hydrogens (tertiary/aromatic N) is 2. The molecular weight excluding hydrogens is 248 g/mol. The molecule has 1 fully saturated rings. The number of rotatable bonds is 3. The van der Waals surface area contributed by atoms with Crippen LogP contribution in [0.15, 0.2) is 41.0 Å². The van der Waals surface area contributed by atoms with Gasteiger partial charge < -0.3 is 4.42 Å². The summed E-state index contributed by atoms with van der Waals surface area (Å²) < 4.78 is 5.30. The minimum Gasteiger partial charge on any atom is -0.449 e. The van der Waals surface area contributed by atoms with E-state index in [2.05, 4.69) is 54.1 Å². The summed E-state index contributed by atoms with van der Waals surface area (Å²) in [4.78, 5) is 6.89. The van der Waals surface area contributed by atoms with E-state index in [1.54, 1.807) is 6.26 Å². The zero-order valence-electron chi connectivity index (χ0n) is 12.5. The van der Waals surface area contributed by atoms with E-state index in [0.29, 0.717) is 11.3 Å². The minimum atomic E-state index is 0.292. The summed E-state index contributed by atoms with van der Waals surface area (Å²) >= 11 is 0. The second-order valence-electron chi connectivity index (χ2n) is 6.48. The van der Waals surface area contributed by atoms with Crippen molar-refractivity contribution in [3.05, 3.63) is 53.7 Å². The molecule has 0 unspecified atom stereocenters. The van der Waals surface area contributed by atoms with E-state index in [1.165, 1.54) is 5.56 Å². The van der Waals surface area contributed by atoms with E-state index in [4.69, 9.17) is 4.42 Å². The molecule has 1 aliphatic heterocycles. The van der Waals surface area contributed by atoms with Gasteiger partial charge in [-0.2, -0.15) is 0 Å². The van der Waals surface area contributed by atoms with E-state index in [9.17, 15) is 0 Å². The van der Waals surface area contributed by atoms with Gasteiger partial charge in [-0.25, -0.2) is 4.98 Å². The minimum absolute atomic E-state index is 0.292. The van der Waals surface area contributed by atoms with E-state index in [-0.39, 0.29) is 0 Å². The van der Waals surface area contributed by atoms with Gasteiger partial charge >= 0.3 is 0 Å². The normalized spacial score (nSPS) is 22.2. The first-order chi connectivity index (χ1) is 9.54. The van der Waals surface area contributed by atoms with Crippen LogP contribution in [0, 0.1) is 12.3 Å². The lowest BCUT2D eigenvalue weighted by Crippen LogP contribution is -2.23. The molecule has 2 heterocycles. The fraction of sp³-hybridized carbons (Fsp3) is 0.471. The van der Waals surface area contributed by atoms with Gasteiger partial charge in [-0.3, -0.25) is 4.90 Å². The molecule has 3 heteroatoms. The van der Waals surface area contributed by atoms with Gasteiger partial charge in [0.2, 0.25) is 0 Å². The van der Waals surface area contributed by atoms with Crippen LogP contribution in [0.2, 0.25) is 0 Å². The van der Waals surface area contributed by atoms with E-state index in [0.717, 1.165) is 31.2 Å². The summed E-state index contributed by atoms with van der Waals surface area (Å²) in [7, 11) is 0. The quantitative estimate of drug-likeness (QED) is 0.853. The first kappa shape index (κ1) is 13.4. The van der Waals surface area contributed by atoms with Crippen LogP contribution in [0.25, 0.3) is 0 Å². The third-order valence-corrected chi connectivity index (χ3v) is 4.27. The third-order valence-electron chi connectivity index (χ3n) is 4.27. The maximum Gasteiger partial charge on any atom is 0.191 e. The van der Waals surface area contributed by atoms with Crippen molar-refractivity contribution >= 4 is 0 Å². The Labute approximate surface area is 120 Å². The Morgan fingerprint density at radius 2 is 2.05 bits per heavy atom. The van der Waals surface area contributed by atoms with Gasteiger partial charge in [-0.1, -0.05) is 44.2 Å². The van der Waals surface area contributed by atoms with Gasteiger partial charge in [0, 0.05) is 32.5 Å². The maximum absolute atomic E-state index is 5.30. The highest BCUT2D eigenvalue weighted by atomic mass is 16.3. The van der Waals surface area contributed by atoms with Crippen LogP contribution < -0.4 is 0 Å². The molecule has 0 radical (unpaired) electrons. The number of likely N-dealkylation sites (tertiary alicyclic amines) is 1. The number of oxazole rings is 1. The number of hydrogen-bond donors (Lipinski definition) is 0. The Morgan fingerprint density at radius 1 is 1.30 bits per heavy atom. The molecule has 0 aliphatic carbocycles. The molecule has 0 spiro atoms. The predicted octanol–water partition coefficient (Wildman–Crippen LogP) is 3.61. The van der Waals surface area contributed by atoms with E-state index in [1.807, 2.05) is 6.92 Å². The molecule has 1 aromatic carbocycles. The van der Waals surface area contributed by atoms with E-state index >= 15 is 0 Å². The molecule has 0 N–H and O–H groups in total. The Balaban J connectivity index is 1.75. The van der Waals surface area contributed by atoms with Crippen molar-refractivity contribution in [2.75, 3.05) is 13.1 Å². The molecule has 1 aromatic heterocycles. The Bertz CT molecular complexity index is 574. The second kappa shape index (κ2) is 5.06. The molecule has 0 bridgehead atoms. The van der Waals surface area contributed by atoms with Gasteiger partial charge in [-0.15, -0.1) is 0 Å². The first-order valence-corrected chi connectivity index (χ1v) is 7.23. The summed E-state index contributed by atoms with van der Waals surface area (Å²) in [5.41, 5.74) is 2.77. The van der Waals surface area contributed by atoms with Crippen molar-refractivity contribution in [3.8, 4) is 0 Å². The van der Waals surface area contributed by atoms with Crippen LogP contribution in [-0.4, -0.2) is 23.0 Å². The molecule has 1 saturated heterocycles. The number of hydrogen-bond acceptors (Lipinski definition) is 3. The average Bonchev–Trinajstić information content (AvgIpc) is 2.94. The van der Waals surface area contributed by atoms with Crippen molar-refractivity contribution < 1.29 is 4.42 Å². The van der Waals surface area contributed by atoms with Gasteiger partial charge in [0.25, 0.3) is 0 Å². The van der Waals surface area contributed by atoms with Crippen LogP contribution >= 0.6 is 0 Å². The molecule has 3 rings (SSSR count). The van der Waals surface area contributed by atoms with Crippen molar-refractivity contribution in [1.29, 1.82) is 0 Å². The molecule has 106 valence electrons. The summed E-state index contributed by atoms with van der Waals surface area (Å²) in [6.07, 6.45) is 1.78. The number of aryl methyl sites for hydroxylation is 1. The fourth-order valence-electron chi connectivity index (χ4n) is 3.33. The van der Waals surface area contributed by atoms with Gasteiger partial charge in [0.15, 0.2) is 5.89 Å². The molecule has 3 nitrogen and oxygen atoms in total. The van der Waals surface area contributed by atoms with Crippen LogP contribution in [0.3, 0.4) is 0 Å². The number of benzene rings is 1. The topological polar surface area (TPSA) is 29.3 Å². The lowest BCUT2D eigenvalue weighted by Gasteiger charge is -2.26. The van der Waals surface area contributed by atoms with Crippen LogP contribution in [0.5, 0.6) is 0 Å². The summed E-state index contributed by atoms with van der Waals surface area (Å²) in [5, 5.41) is 0. The summed E-state index contributed by atoms with van der Waals surface area (Å²) in [6.45, 7) is 9.67. The van der Waals surface area contributed by atoms with Crippen molar-refractivity contribution in [3.63, 3.8) is 0 Å². The van der Waals surface area contributed by atoms with E-state index < -0.39 is 0 Å². The van der Waals surface area contributed by atoms with Gasteiger partial charge in [0.05, 0.1) is 5.69 Å². The van der Waals surface area contributed by atoms with Crippen LogP contribution in [0.1, 0.15) is 36.9 Å². The van der Waals surface area contributed by atoms with Gasteiger partial charge in [0.1, 0.15) is 6.26 Å². The van der Waals surface area contributed by atoms with Crippen molar-refractivity contribution in [2.45, 2.75) is 33.2 Å². The molecule has 20 heavy (non-hydrogen) atoms. The van der Waals surface area contributed by atoms with Crippen LogP contribution in [-0.2, 0) is 6.54 Å². The predicted molar refractivity (Wildman–Crippen MR) is 79.5 cm³/mol. The zero-order valence-corrected chi connectivity index (χ0v) is 12.5. The fourth-order valence-corrected chi connectivity index (χ4v) is 3.33. The Morgan fingerprint density at radius 3 is 2.70 bits per heavy atom. The standard InChI is InChI=1S/C17H22N2O/c1-13-18-15(11-20-13)9-19-10-16(17(2,3)12-19)14-7-5-4-6-8-14/h4-8,11,16H,9-10,12H2,1-3H3/t16-/m1/s1. The lowest BCUT2D eigenvalue weighted by molar-refractivity contribution is 0.279. The molecule has 1 atom stereocenters. The molecule has 0 saturated carbocycles. The summed E-state index contributed by atoms with van der Waals surface area (Å²) in [5.74, 6) is 1.33. The maximum atomic E-state index is 5.30. The lowest BCUT2D eigenvalue weighted by atomic mass is 9.78. The largest absolute Gasteiger partial charge is 0.449 e. The third kappa shape index (κ3) is 2.63.